The Bertz CT molecular complexity index is 669. The highest BCUT2D eigenvalue weighted by atomic mass is 16.5. The number of amides is 1. The van der Waals surface area contributed by atoms with Crippen LogP contribution in [0.3, 0.4) is 0 Å². The summed E-state index contributed by atoms with van der Waals surface area (Å²) in [5.41, 5.74) is 2.58. The van der Waals surface area contributed by atoms with Gasteiger partial charge in [0.15, 0.2) is 6.10 Å². The highest BCUT2D eigenvalue weighted by molar-refractivity contribution is 5.98. The van der Waals surface area contributed by atoms with Crippen LogP contribution in [-0.4, -0.2) is 24.7 Å². The van der Waals surface area contributed by atoms with E-state index in [0.29, 0.717) is 17.9 Å². The molecule has 3 rings (SSSR count). The number of rotatable bonds is 3. The number of hydrogen-bond acceptors (Lipinski definition) is 3. The number of fused-ring (bicyclic) bond motifs is 1. The van der Waals surface area contributed by atoms with Crippen LogP contribution in [0.15, 0.2) is 48.5 Å². The van der Waals surface area contributed by atoms with Gasteiger partial charge in [-0.3, -0.25) is 4.79 Å². The summed E-state index contributed by atoms with van der Waals surface area (Å²) in [6, 6.07) is 14.8. The third kappa shape index (κ3) is 2.50. The normalized spacial score (nSPS) is 14.7. The molecule has 0 fully saturated rings. The van der Waals surface area contributed by atoms with Crippen LogP contribution >= 0.6 is 0 Å². The quantitative estimate of drug-likeness (QED) is 0.940. The fourth-order valence-corrected chi connectivity index (χ4v) is 2.67. The predicted molar refractivity (Wildman–Crippen MR) is 80.5 cm³/mol. The van der Waals surface area contributed by atoms with Gasteiger partial charge in [0.05, 0.1) is 7.11 Å². The minimum Gasteiger partial charge on any atom is -0.497 e. The van der Waals surface area contributed by atoms with Crippen LogP contribution in [0.4, 0.5) is 5.69 Å². The lowest BCUT2D eigenvalue weighted by Crippen LogP contribution is -2.33. The molecule has 0 aromatic heterocycles. The van der Waals surface area contributed by atoms with Crippen molar-refractivity contribution in [3.8, 4) is 5.75 Å². The van der Waals surface area contributed by atoms with E-state index < -0.39 is 6.10 Å². The highest BCUT2D eigenvalue weighted by Gasteiger charge is 2.29. The van der Waals surface area contributed by atoms with E-state index in [2.05, 4.69) is 0 Å². The number of aliphatic hydroxyl groups is 1. The van der Waals surface area contributed by atoms with E-state index >= 15 is 0 Å². The van der Waals surface area contributed by atoms with Gasteiger partial charge in [-0.2, -0.15) is 0 Å². The molecule has 1 unspecified atom stereocenters. The number of carbonyl (C=O) groups excluding carboxylic acids is 1. The zero-order chi connectivity index (χ0) is 14.8. The molecule has 0 saturated carbocycles. The van der Waals surface area contributed by atoms with Gasteiger partial charge in [-0.15, -0.1) is 0 Å². The van der Waals surface area contributed by atoms with Crippen LogP contribution in [-0.2, 0) is 11.2 Å². The van der Waals surface area contributed by atoms with Crippen molar-refractivity contribution < 1.29 is 14.6 Å². The van der Waals surface area contributed by atoms with Crippen LogP contribution in [0.25, 0.3) is 0 Å². The first-order valence-electron chi connectivity index (χ1n) is 6.92. The van der Waals surface area contributed by atoms with Gasteiger partial charge in [0.1, 0.15) is 5.75 Å². The Labute approximate surface area is 123 Å². The summed E-state index contributed by atoms with van der Waals surface area (Å²) >= 11 is 0. The van der Waals surface area contributed by atoms with Crippen LogP contribution in [0.2, 0.25) is 0 Å². The van der Waals surface area contributed by atoms with Gasteiger partial charge in [-0.05, 0) is 35.7 Å². The lowest BCUT2D eigenvalue weighted by molar-refractivity contribution is -0.126. The molecule has 1 aliphatic rings. The third-order valence-corrected chi connectivity index (χ3v) is 3.80. The van der Waals surface area contributed by atoms with Crippen molar-refractivity contribution in [2.24, 2.45) is 0 Å². The van der Waals surface area contributed by atoms with Crippen LogP contribution < -0.4 is 9.64 Å². The van der Waals surface area contributed by atoms with Crippen molar-refractivity contribution in [2.45, 2.75) is 12.5 Å². The summed E-state index contributed by atoms with van der Waals surface area (Å²) in [6.45, 7) is 0.610. The SMILES string of the molecule is COc1cccc(C(O)C(=O)N2CCc3ccccc32)c1. The minimum atomic E-state index is -1.17. The number of anilines is 1. The standard InChI is InChI=1S/C17H17NO3/c1-21-14-7-4-6-13(11-14)16(19)17(20)18-10-9-12-5-2-3-8-15(12)18/h2-8,11,16,19H,9-10H2,1H3. The van der Waals surface area contributed by atoms with Crippen molar-refractivity contribution in [1.82, 2.24) is 0 Å². The molecule has 108 valence electrons. The molecule has 2 aromatic carbocycles. The summed E-state index contributed by atoms with van der Waals surface area (Å²) in [6.07, 6.45) is -0.349. The molecule has 1 heterocycles. The van der Waals surface area contributed by atoms with Crippen molar-refractivity contribution in [1.29, 1.82) is 0 Å². The van der Waals surface area contributed by atoms with E-state index in [4.69, 9.17) is 4.74 Å². The molecule has 0 aliphatic carbocycles. The topological polar surface area (TPSA) is 49.8 Å². The first-order chi connectivity index (χ1) is 10.2. The Balaban J connectivity index is 1.85. The zero-order valence-electron chi connectivity index (χ0n) is 11.8. The molecule has 0 spiro atoms. The van der Waals surface area contributed by atoms with E-state index in [-0.39, 0.29) is 5.91 Å². The number of para-hydroxylation sites is 1. The average Bonchev–Trinajstić information content (AvgIpc) is 2.97. The summed E-state index contributed by atoms with van der Waals surface area (Å²) in [5.74, 6) is 0.328. The summed E-state index contributed by atoms with van der Waals surface area (Å²) in [7, 11) is 1.56. The van der Waals surface area contributed by atoms with Gasteiger partial charge >= 0.3 is 0 Å². The Morgan fingerprint density at radius 1 is 1.24 bits per heavy atom. The van der Waals surface area contributed by atoms with Crippen LogP contribution in [0, 0.1) is 0 Å². The van der Waals surface area contributed by atoms with Gasteiger partial charge in [-0.1, -0.05) is 30.3 Å². The number of aliphatic hydroxyl groups excluding tert-OH is 1. The summed E-state index contributed by atoms with van der Waals surface area (Å²) in [4.78, 5) is 14.2. The largest absolute Gasteiger partial charge is 0.497 e. The molecule has 1 amide bonds. The first-order valence-corrected chi connectivity index (χ1v) is 6.92. The molecule has 21 heavy (non-hydrogen) atoms. The molecule has 1 aliphatic heterocycles. The molecule has 0 radical (unpaired) electrons. The van der Waals surface area contributed by atoms with E-state index in [1.807, 2.05) is 24.3 Å². The van der Waals surface area contributed by atoms with Gasteiger partial charge in [-0.25, -0.2) is 0 Å². The Hall–Kier alpha value is -2.33. The average molecular weight is 283 g/mol. The highest BCUT2D eigenvalue weighted by Crippen LogP contribution is 2.30. The van der Waals surface area contributed by atoms with Gasteiger partial charge < -0.3 is 14.7 Å². The number of methoxy groups -OCH3 is 1. The van der Waals surface area contributed by atoms with E-state index in [1.165, 1.54) is 0 Å². The molecule has 4 nitrogen and oxygen atoms in total. The van der Waals surface area contributed by atoms with Gasteiger partial charge in [0.25, 0.3) is 5.91 Å². The fraction of sp³-hybridized carbons (Fsp3) is 0.235. The number of benzene rings is 2. The molecular weight excluding hydrogens is 266 g/mol. The van der Waals surface area contributed by atoms with E-state index in [9.17, 15) is 9.90 Å². The molecular formula is C17H17NO3. The molecule has 4 heteroatoms. The number of carbonyl (C=O) groups is 1. The van der Waals surface area contributed by atoms with Crippen molar-refractivity contribution in [2.75, 3.05) is 18.6 Å². The lowest BCUT2D eigenvalue weighted by Gasteiger charge is -2.21. The summed E-state index contributed by atoms with van der Waals surface area (Å²) < 4.78 is 5.13. The zero-order valence-corrected chi connectivity index (χ0v) is 11.8. The van der Waals surface area contributed by atoms with Gasteiger partial charge in [0.2, 0.25) is 0 Å². The molecule has 1 N–H and O–H groups in total. The van der Waals surface area contributed by atoms with Crippen molar-refractivity contribution in [3.63, 3.8) is 0 Å². The fourth-order valence-electron chi connectivity index (χ4n) is 2.67. The first kappa shape index (κ1) is 13.6. The van der Waals surface area contributed by atoms with Crippen LogP contribution in [0.1, 0.15) is 17.2 Å². The third-order valence-electron chi connectivity index (χ3n) is 3.80. The van der Waals surface area contributed by atoms with Crippen molar-refractivity contribution in [3.05, 3.63) is 59.7 Å². The Morgan fingerprint density at radius 3 is 2.86 bits per heavy atom. The minimum absolute atomic E-state index is 0.298. The molecule has 1 atom stereocenters. The number of hydrogen-bond donors (Lipinski definition) is 1. The smallest absolute Gasteiger partial charge is 0.260 e. The monoisotopic (exact) mass is 283 g/mol. The Kier molecular flexibility index (Phi) is 3.62. The second kappa shape index (κ2) is 5.58. The van der Waals surface area contributed by atoms with Crippen molar-refractivity contribution >= 4 is 11.6 Å². The maximum atomic E-state index is 12.5. The molecule has 0 bridgehead atoms. The van der Waals surface area contributed by atoms with Gasteiger partial charge in [0, 0.05) is 12.2 Å². The van der Waals surface area contributed by atoms with Crippen LogP contribution in [0.5, 0.6) is 5.75 Å². The predicted octanol–water partition coefficient (Wildman–Crippen LogP) is 2.32. The Morgan fingerprint density at radius 2 is 2.05 bits per heavy atom. The second-order valence-corrected chi connectivity index (χ2v) is 5.05. The summed E-state index contributed by atoms with van der Waals surface area (Å²) in [5, 5.41) is 10.3. The van der Waals surface area contributed by atoms with E-state index in [1.54, 1.807) is 36.3 Å². The second-order valence-electron chi connectivity index (χ2n) is 5.05. The molecule has 2 aromatic rings. The lowest BCUT2D eigenvalue weighted by atomic mass is 10.1. The van der Waals surface area contributed by atoms with E-state index in [0.717, 1.165) is 17.7 Å². The number of nitrogens with zero attached hydrogens (tertiary/aromatic N) is 1. The molecule has 0 saturated heterocycles. The maximum Gasteiger partial charge on any atom is 0.260 e. The number of ether oxygens (including phenoxy) is 1. The maximum absolute atomic E-state index is 12.5.